The molecule has 1 fully saturated rings. The van der Waals surface area contributed by atoms with Crippen LogP contribution in [0.1, 0.15) is 65.7 Å². The first-order chi connectivity index (χ1) is 8.52. The van der Waals surface area contributed by atoms with Gasteiger partial charge in [0.25, 0.3) is 0 Å². The van der Waals surface area contributed by atoms with Gasteiger partial charge in [0.1, 0.15) is 0 Å². The van der Waals surface area contributed by atoms with E-state index in [4.69, 9.17) is 0 Å². The van der Waals surface area contributed by atoms with Gasteiger partial charge in [0, 0.05) is 0 Å². The zero-order chi connectivity index (χ0) is 13.6. The van der Waals surface area contributed by atoms with E-state index in [1.165, 1.54) is 51.8 Å². The molecule has 3 heteroatoms. The maximum atomic E-state index is 13.6. The third-order valence-corrected chi connectivity index (χ3v) is 22.2. The summed E-state index contributed by atoms with van der Waals surface area (Å²) in [6, 6.07) is 0. The molecule has 0 bridgehead atoms. The molecule has 18 heavy (non-hydrogen) atoms. The minimum atomic E-state index is -2.56. The summed E-state index contributed by atoms with van der Waals surface area (Å²) in [5.74, 6) is -2.26. The first-order valence-electron chi connectivity index (χ1n) is 7.90. The van der Waals surface area contributed by atoms with E-state index < -0.39 is 24.3 Å². The summed E-state index contributed by atoms with van der Waals surface area (Å²) < 4.78 is 30.8. The molecule has 0 spiro atoms. The molecule has 1 unspecified atom stereocenters. The van der Waals surface area contributed by atoms with Crippen molar-refractivity contribution in [2.24, 2.45) is 0 Å². The second-order valence-electron chi connectivity index (χ2n) is 6.19. The normalized spacial score (nSPS) is 22.2. The third-order valence-electron chi connectivity index (χ3n) is 4.65. The minimum absolute atomic E-state index is 0.101. The molecule has 0 amide bonds. The van der Waals surface area contributed by atoms with E-state index in [0.29, 0.717) is 0 Å². The number of hydrogen-bond donors (Lipinski definition) is 0. The fraction of sp³-hybridized carbons (Fsp3) is 1.00. The number of alkyl halides is 2. The van der Waals surface area contributed by atoms with Gasteiger partial charge in [-0.2, -0.15) is 0 Å². The first kappa shape index (κ1) is 16.7. The van der Waals surface area contributed by atoms with Gasteiger partial charge in [0.15, 0.2) is 0 Å². The van der Waals surface area contributed by atoms with E-state index in [0.717, 1.165) is 0 Å². The SMILES string of the molecule is CCC[CH2][Sn]([CH2]CCC)([CH2]CCC)[CH]1CC1(F)F. The predicted octanol–water partition coefficient (Wildman–Crippen LogP) is 6.24. The van der Waals surface area contributed by atoms with Crippen molar-refractivity contribution in [3.8, 4) is 0 Å². The van der Waals surface area contributed by atoms with Crippen molar-refractivity contribution in [3.63, 3.8) is 0 Å². The Morgan fingerprint density at radius 3 is 1.44 bits per heavy atom. The van der Waals surface area contributed by atoms with Gasteiger partial charge < -0.3 is 0 Å². The number of rotatable bonds is 10. The summed E-state index contributed by atoms with van der Waals surface area (Å²) in [4.78, 5) is 0. The summed E-state index contributed by atoms with van der Waals surface area (Å²) in [5, 5.41) is 0. The van der Waals surface area contributed by atoms with Crippen molar-refractivity contribution in [3.05, 3.63) is 0 Å². The van der Waals surface area contributed by atoms with Crippen LogP contribution in [0, 0.1) is 0 Å². The monoisotopic (exact) mass is 368 g/mol. The van der Waals surface area contributed by atoms with Crippen molar-refractivity contribution >= 4 is 18.4 Å². The van der Waals surface area contributed by atoms with Gasteiger partial charge in [-0.1, -0.05) is 0 Å². The summed E-state index contributed by atoms with van der Waals surface area (Å²) in [7, 11) is 0. The standard InChI is InChI=1S/3C4H9.C3H3F2.Sn/c3*1-3-4-2;4-3(5)1-2-3;/h3*1,3-4H2,2H3;1H,2H2;. The van der Waals surface area contributed by atoms with Crippen LogP contribution in [-0.2, 0) is 0 Å². The zero-order valence-corrected chi connectivity index (χ0v) is 15.3. The van der Waals surface area contributed by atoms with Crippen molar-refractivity contribution in [1.82, 2.24) is 0 Å². The van der Waals surface area contributed by atoms with E-state index in [1.54, 1.807) is 0 Å². The molecule has 1 atom stereocenters. The quantitative estimate of drug-likeness (QED) is 0.401. The van der Waals surface area contributed by atoms with E-state index >= 15 is 0 Å². The Morgan fingerprint density at radius 1 is 0.889 bits per heavy atom. The average Bonchev–Trinajstić information content (AvgIpc) is 2.99. The van der Waals surface area contributed by atoms with Crippen LogP contribution in [0.2, 0.25) is 17.2 Å². The second-order valence-corrected chi connectivity index (χ2v) is 20.2. The summed E-state index contributed by atoms with van der Waals surface area (Å²) in [6.45, 7) is 6.59. The van der Waals surface area contributed by atoms with Gasteiger partial charge in [0.05, 0.1) is 0 Å². The van der Waals surface area contributed by atoms with Crippen molar-refractivity contribution in [2.75, 3.05) is 0 Å². The van der Waals surface area contributed by atoms with Crippen molar-refractivity contribution < 1.29 is 8.78 Å². The predicted molar refractivity (Wildman–Crippen MR) is 78.2 cm³/mol. The Labute approximate surface area is 116 Å². The Bertz CT molecular complexity index is 219. The molecule has 0 aromatic heterocycles. The Hall–Kier alpha value is 0.659. The molecule has 0 aliphatic heterocycles. The number of hydrogen-bond acceptors (Lipinski definition) is 0. The molecule has 0 heterocycles. The van der Waals surface area contributed by atoms with Crippen LogP contribution in [0.4, 0.5) is 8.78 Å². The zero-order valence-electron chi connectivity index (χ0n) is 12.4. The molecule has 0 nitrogen and oxygen atoms in total. The van der Waals surface area contributed by atoms with Crippen LogP contribution in [0.15, 0.2) is 0 Å². The summed E-state index contributed by atoms with van der Waals surface area (Å²) in [5.41, 5.74) is 0. The van der Waals surface area contributed by atoms with E-state index in [9.17, 15) is 8.78 Å². The van der Waals surface area contributed by atoms with Gasteiger partial charge in [0.2, 0.25) is 0 Å². The maximum absolute atomic E-state index is 13.6. The Balaban J connectivity index is 2.72. The fourth-order valence-electron chi connectivity index (χ4n) is 3.36. The van der Waals surface area contributed by atoms with Crippen LogP contribution < -0.4 is 0 Å². The van der Waals surface area contributed by atoms with Crippen LogP contribution in [0.5, 0.6) is 0 Å². The van der Waals surface area contributed by atoms with Gasteiger partial charge in [-0.15, -0.1) is 0 Å². The van der Waals surface area contributed by atoms with E-state index in [2.05, 4.69) is 20.8 Å². The molecule has 108 valence electrons. The molecule has 1 saturated carbocycles. The van der Waals surface area contributed by atoms with Gasteiger partial charge in [-0.3, -0.25) is 0 Å². The van der Waals surface area contributed by atoms with Gasteiger partial charge in [-0.05, 0) is 0 Å². The number of halogens is 2. The van der Waals surface area contributed by atoms with Crippen molar-refractivity contribution in [1.29, 1.82) is 0 Å². The molecular formula is C15H30F2Sn. The molecule has 0 saturated heterocycles. The average molecular weight is 367 g/mol. The van der Waals surface area contributed by atoms with Crippen LogP contribution in [0.25, 0.3) is 0 Å². The fourth-order valence-corrected chi connectivity index (χ4v) is 22.1. The van der Waals surface area contributed by atoms with E-state index in [1.807, 2.05) is 0 Å². The molecule has 0 aromatic carbocycles. The molecule has 0 aromatic rings. The van der Waals surface area contributed by atoms with Crippen molar-refractivity contribution in [2.45, 2.75) is 88.9 Å². The molecule has 1 rings (SSSR count). The molecule has 0 radical (unpaired) electrons. The molecular weight excluding hydrogens is 337 g/mol. The summed E-state index contributed by atoms with van der Waals surface area (Å²) in [6.07, 6.45) is 7.39. The van der Waals surface area contributed by atoms with Crippen LogP contribution >= 0.6 is 0 Å². The van der Waals surface area contributed by atoms with E-state index in [-0.39, 0.29) is 10.4 Å². The number of unbranched alkanes of at least 4 members (excludes halogenated alkanes) is 3. The van der Waals surface area contributed by atoms with Crippen LogP contribution in [-0.4, -0.2) is 24.3 Å². The third kappa shape index (κ3) is 4.35. The molecule has 1 aliphatic carbocycles. The Kier molecular flexibility index (Phi) is 6.91. The topological polar surface area (TPSA) is 0 Å². The Morgan fingerprint density at radius 2 is 1.22 bits per heavy atom. The molecule has 1 aliphatic rings. The van der Waals surface area contributed by atoms with Gasteiger partial charge in [-0.25, -0.2) is 0 Å². The van der Waals surface area contributed by atoms with Gasteiger partial charge >= 0.3 is 116 Å². The second kappa shape index (κ2) is 7.44. The molecule has 0 N–H and O–H groups in total. The van der Waals surface area contributed by atoms with Crippen LogP contribution in [0.3, 0.4) is 0 Å². The first-order valence-corrected chi connectivity index (χ1v) is 15.6. The summed E-state index contributed by atoms with van der Waals surface area (Å²) >= 11 is -2.56.